The van der Waals surface area contributed by atoms with E-state index in [1.807, 2.05) is 0 Å². The molecule has 0 bridgehead atoms. The highest BCUT2D eigenvalue weighted by molar-refractivity contribution is 5.04. The van der Waals surface area contributed by atoms with Gasteiger partial charge in [-0.1, -0.05) is 12.8 Å². The van der Waals surface area contributed by atoms with Gasteiger partial charge in [-0.15, -0.1) is 0 Å². The highest BCUT2D eigenvalue weighted by Gasteiger charge is 2.32. The monoisotopic (exact) mass is 267 g/mol. The largest absolute Gasteiger partial charge is 0.394 e. The zero-order chi connectivity index (χ0) is 14.0. The summed E-state index contributed by atoms with van der Waals surface area (Å²) >= 11 is 0. The number of aliphatic hydroxyl groups is 1. The van der Waals surface area contributed by atoms with E-state index in [-0.39, 0.29) is 23.4 Å². The van der Waals surface area contributed by atoms with Crippen LogP contribution >= 0.6 is 0 Å². The van der Waals surface area contributed by atoms with Crippen LogP contribution in [0.3, 0.4) is 0 Å². The summed E-state index contributed by atoms with van der Waals surface area (Å²) in [6, 6.07) is 1.47. The van der Waals surface area contributed by atoms with Crippen LogP contribution in [0.4, 0.5) is 0 Å². The SMILES string of the molecule is Cn1c(CNC2(CO)CCCC2)cc(=O)n(C)c1=O. The van der Waals surface area contributed by atoms with Crippen molar-refractivity contribution in [2.75, 3.05) is 6.61 Å². The Kier molecular flexibility index (Phi) is 3.91. The minimum atomic E-state index is -0.325. The van der Waals surface area contributed by atoms with Gasteiger partial charge in [0.25, 0.3) is 5.56 Å². The van der Waals surface area contributed by atoms with Gasteiger partial charge in [0, 0.05) is 37.9 Å². The van der Waals surface area contributed by atoms with Crippen LogP contribution in [0.5, 0.6) is 0 Å². The van der Waals surface area contributed by atoms with E-state index in [0.717, 1.165) is 30.3 Å². The van der Waals surface area contributed by atoms with Gasteiger partial charge < -0.3 is 10.4 Å². The van der Waals surface area contributed by atoms with Gasteiger partial charge in [-0.05, 0) is 12.8 Å². The molecule has 2 N–H and O–H groups in total. The summed E-state index contributed by atoms with van der Waals surface area (Å²) in [5.41, 5.74) is -0.233. The third kappa shape index (κ3) is 2.64. The maximum atomic E-state index is 11.8. The summed E-state index contributed by atoms with van der Waals surface area (Å²) in [5, 5.41) is 12.8. The molecule has 6 nitrogen and oxygen atoms in total. The molecule has 1 fully saturated rings. The lowest BCUT2D eigenvalue weighted by Gasteiger charge is -2.28. The highest BCUT2D eigenvalue weighted by Crippen LogP contribution is 2.29. The Labute approximate surface area is 111 Å². The number of nitrogens with zero attached hydrogens (tertiary/aromatic N) is 2. The first kappa shape index (κ1) is 14.0. The second-order valence-electron chi connectivity index (χ2n) is 5.37. The molecule has 0 aliphatic heterocycles. The van der Waals surface area contributed by atoms with Crippen LogP contribution in [0.1, 0.15) is 31.4 Å². The van der Waals surface area contributed by atoms with E-state index >= 15 is 0 Å². The van der Waals surface area contributed by atoms with Gasteiger partial charge in [0.1, 0.15) is 0 Å². The summed E-state index contributed by atoms with van der Waals surface area (Å²) < 4.78 is 2.55. The molecule has 1 aliphatic carbocycles. The van der Waals surface area contributed by atoms with Crippen molar-refractivity contribution in [3.05, 3.63) is 32.6 Å². The number of hydrogen-bond donors (Lipinski definition) is 2. The van der Waals surface area contributed by atoms with Crippen molar-refractivity contribution >= 4 is 0 Å². The summed E-state index contributed by atoms with van der Waals surface area (Å²) in [4.78, 5) is 23.4. The first-order valence-corrected chi connectivity index (χ1v) is 6.61. The molecule has 19 heavy (non-hydrogen) atoms. The van der Waals surface area contributed by atoms with E-state index in [1.54, 1.807) is 7.05 Å². The second-order valence-corrected chi connectivity index (χ2v) is 5.37. The predicted octanol–water partition coefficient (Wildman–Crippen LogP) is -0.521. The van der Waals surface area contributed by atoms with Gasteiger partial charge >= 0.3 is 5.69 Å². The molecule has 2 rings (SSSR count). The first-order chi connectivity index (χ1) is 8.99. The van der Waals surface area contributed by atoms with Crippen molar-refractivity contribution in [1.29, 1.82) is 0 Å². The van der Waals surface area contributed by atoms with Crippen molar-refractivity contribution in [1.82, 2.24) is 14.5 Å². The number of hydrogen-bond acceptors (Lipinski definition) is 4. The third-order valence-corrected chi connectivity index (χ3v) is 4.13. The number of nitrogens with one attached hydrogen (secondary N) is 1. The summed E-state index contributed by atoms with van der Waals surface area (Å²) in [6.07, 6.45) is 4.07. The fraction of sp³-hybridized carbons (Fsp3) is 0.692. The second kappa shape index (κ2) is 5.30. The fourth-order valence-corrected chi connectivity index (χ4v) is 2.67. The topological polar surface area (TPSA) is 76.3 Å². The Bertz CT molecular complexity index is 567. The molecule has 1 aromatic heterocycles. The minimum Gasteiger partial charge on any atom is -0.394 e. The van der Waals surface area contributed by atoms with Crippen molar-refractivity contribution in [3.63, 3.8) is 0 Å². The lowest BCUT2D eigenvalue weighted by molar-refractivity contribution is 0.162. The first-order valence-electron chi connectivity index (χ1n) is 6.61. The smallest absolute Gasteiger partial charge is 0.330 e. The van der Waals surface area contributed by atoms with E-state index < -0.39 is 0 Å². The van der Waals surface area contributed by atoms with Crippen LogP contribution in [-0.4, -0.2) is 26.4 Å². The van der Waals surface area contributed by atoms with Crippen LogP contribution in [0, 0.1) is 0 Å². The molecular weight excluding hydrogens is 246 g/mol. The van der Waals surface area contributed by atoms with Crippen LogP contribution in [-0.2, 0) is 20.6 Å². The Hall–Kier alpha value is -1.40. The molecule has 1 saturated carbocycles. The zero-order valence-corrected chi connectivity index (χ0v) is 11.5. The number of aromatic nitrogens is 2. The van der Waals surface area contributed by atoms with Gasteiger partial charge in [0.05, 0.1) is 6.61 Å². The fourth-order valence-electron chi connectivity index (χ4n) is 2.67. The lowest BCUT2D eigenvalue weighted by atomic mass is 9.99. The molecule has 0 amide bonds. The summed E-state index contributed by atoms with van der Waals surface area (Å²) in [6.45, 7) is 0.508. The molecule has 0 atom stereocenters. The van der Waals surface area contributed by atoms with Gasteiger partial charge in [-0.3, -0.25) is 13.9 Å². The molecule has 0 unspecified atom stereocenters. The van der Waals surface area contributed by atoms with Gasteiger partial charge in [0.15, 0.2) is 0 Å². The van der Waals surface area contributed by atoms with E-state index in [9.17, 15) is 14.7 Å². The Morgan fingerprint density at radius 2 is 1.89 bits per heavy atom. The normalized spacial score (nSPS) is 17.8. The third-order valence-electron chi connectivity index (χ3n) is 4.13. The molecule has 1 aliphatic rings. The minimum absolute atomic E-state index is 0.0891. The Morgan fingerprint density at radius 3 is 2.47 bits per heavy atom. The van der Waals surface area contributed by atoms with E-state index in [4.69, 9.17) is 0 Å². The van der Waals surface area contributed by atoms with Crippen LogP contribution in [0.15, 0.2) is 15.7 Å². The van der Waals surface area contributed by atoms with Crippen LogP contribution < -0.4 is 16.6 Å². The van der Waals surface area contributed by atoms with Gasteiger partial charge in [-0.2, -0.15) is 0 Å². The lowest BCUT2D eigenvalue weighted by Crippen LogP contribution is -2.47. The van der Waals surface area contributed by atoms with Crippen LogP contribution in [0.2, 0.25) is 0 Å². The average molecular weight is 267 g/mol. The number of rotatable bonds is 4. The molecule has 0 aromatic carbocycles. The van der Waals surface area contributed by atoms with Crippen molar-refractivity contribution in [2.24, 2.45) is 14.1 Å². The maximum absolute atomic E-state index is 11.8. The van der Waals surface area contributed by atoms with E-state index in [0.29, 0.717) is 12.2 Å². The molecule has 106 valence electrons. The van der Waals surface area contributed by atoms with E-state index in [1.165, 1.54) is 17.7 Å². The number of aliphatic hydroxyl groups excluding tert-OH is 1. The predicted molar refractivity (Wildman–Crippen MR) is 72.0 cm³/mol. The molecular formula is C13H21N3O3. The standard InChI is InChI=1S/C13H21N3O3/c1-15-10(7-11(18)16(2)12(15)19)8-14-13(9-17)5-3-4-6-13/h7,14,17H,3-6,8-9H2,1-2H3. The molecule has 1 heterocycles. The molecule has 0 saturated heterocycles. The Balaban J connectivity index is 2.21. The Morgan fingerprint density at radius 1 is 1.26 bits per heavy atom. The van der Waals surface area contributed by atoms with E-state index in [2.05, 4.69) is 5.32 Å². The van der Waals surface area contributed by atoms with Gasteiger partial charge in [0.2, 0.25) is 0 Å². The highest BCUT2D eigenvalue weighted by atomic mass is 16.3. The molecule has 1 aromatic rings. The van der Waals surface area contributed by atoms with Gasteiger partial charge in [-0.25, -0.2) is 4.79 Å². The van der Waals surface area contributed by atoms with Crippen molar-refractivity contribution in [2.45, 2.75) is 37.8 Å². The molecule has 6 heteroatoms. The quantitative estimate of drug-likeness (QED) is 0.769. The van der Waals surface area contributed by atoms with Crippen molar-refractivity contribution in [3.8, 4) is 0 Å². The van der Waals surface area contributed by atoms with Crippen LogP contribution in [0.25, 0.3) is 0 Å². The summed E-state index contributed by atoms with van der Waals surface area (Å²) in [5.74, 6) is 0. The molecule has 0 spiro atoms. The van der Waals surface area contributed by atoms with Crippen molar-refractivity contribution < 1.29 is 5.11 Å². The zero-order valence-electron chi connectivity index (χ0n) is 11.5. The maximum Gasteiger partial charge on any atom is 0.330 e. The average Bonchev–Trinajstić information content (AvgIpc) is 2.88. The molecule has 0 radical (unpaired) electrons. The summed E-state index contributed by atoms with van der Waals surface area (Å²) in [7, 11) is 3.12.